The third kappa shape index (κ3) is 2.81. The van der Waals surface area contributed by atoms with Crippen LogP contribution < -0.4 is 0 Å². The average molecular weight is 386 g/mol. The fourth-order valence-corrected chi connectivity index (χ4v) is 3.33. The molecule has 4 heterocycles. The van der Waals surface area contributed by atoms with Crippen LogP contribution >= 0.6 is 22.9 Å². The summed E-state index contributed by atoms with van der Waals surface area (Å²) in [6, 6.07) is 3.51. The van der Waals surface area contributed by atoms with Gasteiger partial charge in [-0.25, -0.2) is 0 Å². The van der Waals surface area contributed by atoms with Crippen molar-refractivity contribution in [1.82, 2.24) is 25.0 Å². The van der Waals surface area contributed by atoms with Crippen LogP contribution in [0.5, 0.6) is 0 Å². The first-order chi connectivity index (χ1) is 11.8. The van der Waals surface area contributed by atoms with E-state index in [0.717, 1.165) is 32.9 Å². The Kier molecular flexibility index (Phi) is 3.62. The van der Waals surface area contributed by atoms with E-state index in [-0.39, 0.29) is 4.96 Å². The Bertz CT molecular complexity index is 1040. The van der Waals surface area contributed by atoms with Crippen molar-refractivity contribution in [2.75, 3.05) is 0 Å². The number of halogens is 3. The molecule has 4 aromatic heterocycles. The number of furan rings is 1. The molecule has 0 amide bonds. The van der Waals surface area contributed by atoms with Crippen LogP contribution in [0, 0.1) is 13.8 Å². The topological polar surface area (TPSA) is 82.2 Å². The van der Waals surface area contributed by atoms with Gasteiger partial charge in [0, 0.05) is 12.0 Å². The molecule has 25 heavy (non-hydrogen) atoms. The van der Waals surface area contributed by atoms with E-state index < -0.39 is 11.2 Å². The Morgan fingerprint density at radius 1 is 1.28 bits per heavy atom. The van der Waals surface area contributed by atoms with Gasteiger partial charge in [0.1, 0.15) is 11.5 Å². The third-order valence-corrected chi connectivity index (χ3v) is 4.73. The van der Waals surface area contributed by atoms with Gasteiger partial charge in [-0.15, -0.1) is 15.3 Å². The third-order valence-electron chi connectivity index (χ3n) is 3.65. The Balaban J connectivity index is 1.66. The molecule has 0 atom stereocenters. The molecule has 0 aliphatic carbocycles. The van der Waals surface area contributed by atoms with Crippen molar-refractivity contribution in [3.05, 3.63) is 40.7 Å². The summed E-state index contributed by atoms with van der Waals surface area (Å²) in [5.41, 5.74) is 1.74. The van der Waals surface area contributed by atoms with Crippen LogP contribution in [0.3, 0.4) is 0 Å². The summed E-state index contributed by atoms with van der Waals surface area (Å²) >= 11 is 6.09. The van der Waals surface area contributed by atoms with Crippen molar-refractivity contribution in [2.24, 2.45) is 0 Å². The van der Waals surface area contributed by atoms with Gasteiger partial charge in [-0.3, -0.25) is 0 Å². The van der Waals surface area contributed by atoms with Crippen LogP contribution in [0.25, 0.3) is 15.7 Å². The van der Waals surface area contributed by atoms with Crippen LogP contribution in [-0.4, -0.2) is 25.0 Å². The summed E-state index contributed by atoms with van der Waals surface area (Å²) in [4.78, 5) is 0.203. The van der Waals surface area contributed by atoms with Crippen LogP contribution in [0.15, 0.2) is 21.1 Å². The van der Waals surface area contributed by atoms with E-state index >= 15 is 0 Å². The minimum atomic E-state index is -3.65. The van der Waals surface area contributed by atoms with Crippen molar-refractivity contribution >= 4 is 27.9 Å². The lowest BCUT2D eigenvalue weighted by Gasteiger charge is -2.01. The average Bonchev–Trinajstić information content (AvgIpc) is 3.25. The number of hydrogen-bond acceptors (Lipinski definition) is 7. The molecule has 4 aromatic rings. The van der Waals surface area contributed by atoms with E-state index in [4.69, 9.17) is 20.5 Å². The molecule has 0 saturated carbocycles. The molecule has 4 rings (SSSR count). The maximum Gasteiger partial charge on any atom is 0.383 e. The Hall–Kier alpha value is -2.33. The molecule has 0 aromatic carbocycles. The van der Waals surface area contributed by atoms with E-state index in [0.29, 0.717) is 22.9 Å². The fourth-order valence-electron chi connectivity index (χ4n) is 2.41. The number of hydrogen-bond donors (Lipinski definition) is 0. The Morgan fingerprint density at radius 2 is 2.08 bits per heavy atom. The zero-order chi connectivity index (χ0) is 17.8. The molecule has 0 bridgehead atoms. The second-order valence-electron chi connectivity index (χ2n) is 5.37. The summed E-state index contributed by atoms with van der Waals surface area (Å²) in [6.45, 7) is 3.68. The summed E-state index contributed by atoms with van der Waals surface area (Å²) in [7, 11) is 0. The molecule has 130 valence electrons. The van der Waals surface area contributed by atoms with E-state index in [1.165, 1.54) is 0 Å². The van der Waals surface area contributed by atoms with Gasteiger partial charge < -0.3 is 8.94 Å². The number of nitrogens with zero attached hydrogens (tertiary/aromatic N) is 5. The molecule has 0 radical (unpaired) electrons. The Morgan fingerprint density at radius 3 is 2.76 bits per heavy atom. The molecule has 0 spiro atoms. The zero-order valence-corrected chi connectivity index (χ0v) is 14.5. The van der Waals surface area contributed by atoms with Crippen molar-refractivity contribution in [3.63, 3.8) is 0 Å². The van der Waals surface area contributed by atoms with Crippen LogP contribution in [0.4, 0.5) is 8.78 Å². The van der Waals surface area contributed by atoms with Crippen molar-refractivity contribution < 1.29 is 17.7 Å². The van der Waals surface area contributed by atoms with Gasteiger partial charge in [-0.2, -0.15) is 13.3 Å². The molecule has 0 aliphatic rings. The quantitative estimate of drug-likeness (QED) is 0.495. The van der Waals surface area contributed by atoms with Crippen molar-refractivity contribution in [3.8, 4) is 10.8 Å². The summed E-state index contributed by atoms with van der Waals surface area (Å²) in [5.74, 6) is 1.12. The maximum atomic E-state index is 13.3. The van der Waals surface area contributed by atoms with Crippen LogP contribution in [-0.2, 0) is 11.8 Å². The molecule has 0 saturated heterocycles. The SMILES string of the molecule is Cc1noc(C)c1Cc1ccc(-c2nn3c(C(F)(F)Cl)nnc3s2)o1. The lowest BCUT2D eigenvalue weighted by Crippen LogP contribution is -2.10. The highest BCUT2D eigenvalue weighted by molar-refractivity contribution is 7.19. The van der Waals surface area contributed by atoms with Gasteiger partial charge in [0.25, 0.3) is 0 Å². The minimum Gasteiger partial charge on any atom is -0.458 e. The molecular weight excluding hydrogens is 376 g/mol. The first-order valence-corrected chi connectivity index (χ1v) is 8.32. The number of aryl methyl sites for hydroxylation is 2. The van der Waals surface area contributed by atoms with Crippen LogP contribution in [0.1, 0.15) is 28.6 Å². The summed E-state index contributed by atoms with van der Waals surface area (Å²) in [6.07, 6.45) is 0.510. The van der Waals surface area contributed by atoms with Crippen molar-refractivity contribution in [1.29, 1.82) is 0 Å². The van der Waals surface area contributed by atoms with Gasteiger partial charge in [-0.05, 0) is 37.6 Å². The number of alkyl halides is 3. The van der Waals surface area contributed by atoms with Gasteiger partial charge >= 0.3 is 5.38 Å². The van der Waals surface area contributed by atoms with E-state index in [9.17, 15) is 8.78 Å². The standard InChI is InChI=1S/C14H10ClF2N5O2S/c1-6-9(7(2)24-21-6)5-8-3-4-10(23-8)11-20-22-12(14(15,16)17)18-19-13(22)25-11/h3-4H,5H2,1-2H3. The molecule has 11 heteroatoms. The highest BCUT2D eigenvalue weighted by atomic mass is 35.5. The number of aromatic nitrogens is 5. The summed E-state index contributed by atoms with van der Waals surface area (Å²) in [5, 5.41) is 11.8. The monoisotopic (exact) mass is 385 g/mol. The van der Waals surface area contributed by atoms with E-state index in [2.05, 4.69) is 20.5 Å². The van der Waals surface area contributed by atoms with Crippen molar-refractivity contribution in [2.45, 2.75) is 25.7 Å². The van der Waals surface area contributed by atoms with Gasteiger partial charge in [0.05, 0.1) is 5.69 Å². The first-order valence-electron chi connectivity index (χ1n) is 7.13. The molecule has 0 fully saturated rings. The minimum absolute atomic E-state index is 0.203. The highest BCUT2D eigenvalue weighted by Crippen LogP contribution is 2.34. The maximum absolute atomic E-state index is 13.3. The van der Waals surface area contributed by atoms with Crippen LogP contribution in [0.2, 0.25) is 0 Å². The molecule has 0 unspecified atom stereocenters. The predicted molar refractivity (Wildman–Crippen MR) is 84.9 cm³/mol. The predicted octanol–water partition coefficient (Wildman–Crippen LogP) is 3.93. The summed E-state index contributed by atoms with van der Waals surface area (Å²) < 4.78 is 38.4. The molecule has 0 N–H and O–H groups in total. The first kappa shape index (κ1) is 16.2. The van der Waals surface area contributed by atoms with Gasteiger partial charge in [0.2, 0.25) is 10.8 Å². The lowest BCUT2D eigenvalue weighted by molar-refractivity contribution is 0.0821. The zero-order valence-electron chi connectivity index (χ0n) is 13.0. The largest absolute Gasteiger partial charge is 0.458 e. The smallest absolute Gasteiger partial charge is 0.383 e. The highest BCUT2D eigenvalue weighted by Gasteiger charge is 2.36. The lowest BCUT2D eigenvalue weighted by atomic mass is 10.1. The normalized spacial score (nSPS) is 12.4. The number of fused-ring (bicyclic) bond motifs is 1. The second-order valence-corrected chi connectivity index (χ2v) is 6.80. The van der Waals surface area contributed by atoms with E-state index in [1.807, 2.05) is 13.8 Å². The molecular formula is C14H10ClF2N5O2S. The second kappa shape index (κ2) is 5.60. The fraction of sp³-hybridized carbons (Fsp3) is 0.286. The van der Waals surface area contributed by atoms with Gasteiger partial charge in [0.15, 0.2) is 10.8 Å². The number of rotatable bonds is 4. The molecule has 7 nitrogen and oxygen atoms in total. The molecule has 0 aliphatic heterocycles. The Labute approximate surface area is 148 Å². The van der Waals surface area contributed by atoms with Gasteiger partial charge in [-0.1, -0.05) is 16.5 Å². The van der Waals surface area contributed by atoms with E-state index in [1.54, 1.807) is 12.1 Å².